The summed E-state index contributed by atoms with van der Waals surface area (Å²) in [5.41, 5.74) is 9.95. The number of allylic oxidation sites excluding steroid dienone is 2. The SMILES string of the molecule is C=c1/c(=C2\C(=O)C(c3ccc4cccc5c4c3NC3(N5)c4ccccc4-c4ccc(OCCCCC(=O)O)cc43)=C2O)ccc2cccc(NC3(C)c4ccccc4-c4ccc(OCCCCC(=O)O)cc43)c12. The third-order valence-corrected chi connectivity index (χ3v) is 15.1. The summed E-state index contributed by atoms with van der Waals surface area (Å²) < 4.78 is 12.4. The van der Waals surface area contributed by atoms with E-state index in [0.717, 1.165) is 77.4 Å². The number of carbonyl (C=O) groups is 3. The van der Waals surface area contributed by atoms with Gasteiger partial charge in [-0.2, -0.15) is 0 Å². The van der Waals surface area contributed by atoms with Gasteiger partial charge in [-0.15, -0.1) is 0 Å². The van der Waals surface area contributed by atoms with E-state index in [0.29, 0.717) is 72.1 Å². The summed E-state index contributed by atoms with van der Waals surface area (Å²) in [5, 5.41) is 47.0. The van der Waals surface area contributed by atoms with Gasteiger partial charge in [0.05, 0.1) is 35.6 Å². The molecule has 11 heteroatoms. The molecule has 12 rings (SSSR count). The second-order valence-electron chi connectivity index (χ2n) is 19.5. The monoisotopic (exact) mass is 965 g/mol. The minimum Gasteiger partial charge on any atom is -0.506 e. The lowest BCUT2D eigenvalue weighted by atomic mass is 9.79. The van der Waals surface area contributed by atoms with Gasteiger partial charge in [0, 0.05) is 51.7 Å². The van der Waals surface area contributed by atoms with Crippen molar-refractivity contribution in [1.82, 2.24) is 0 Å². The zero-order chi connectivity index (χ0) is 50.2. The molecule has 0 fully saturated rings. The Hall–Kier alpha value is -8.83. The molecule has 362 valence electrons. The highest BCUT2D eigenvalue weighted by Crippen LogP contribution is 2.56. The number of benzene rings is 8. The average Bonchev–Trinajstić information content (AvgIpc) is 3.80. The van der Waals surface area contributed by atoms with Crippen molar-refractivity contribution in [2.45, 2.75) is 56.7 Å². The number of ketones is 1. The second kappa shape index (κ2) is 17.5. The lowest BCUT2D eigenvalue weighted by molar-refractivity contribution is -0.138. The number of rotatable bonds is 15. The summed E-state index contributed by atoms with van der Waals surface area (Å²) in [7, 11) is 0. The summed E-state index contributed by atoms with van der Waals surface area (Å²) in [4.78, 5) is 37.1. The number of carboxylic acid groups (broad SMARTS) is 2. The van der Waals surface area contributed by atoms with Gasteiger partial charge in [-0.1, -0.05) is 116 Å². The molecular weight excluding hydrogens is 915 g/mol. The molecule has 6 N–H and O–H groups in total. The van der Waals surface area contributed by atoms with E-state index in [1.807, 2.05) is 103 Å². The minimum atomic E-state index is -0.987. The van der Waals surface area contributed by atoms with Gasteiger partial charge >= 0.3 is 11.9 Å². The van der Waals surface area contributed by atoms with Crippen molar-refractivity contribution in [3.05, 3.63) is 190 Å². The molecule has 11 nitrogen and oxygen atoms in total. The van der Waals surface area contributed by atoms with Crippen LogP contribution < -0.4 is 35.9 Å². The molecule has 8 aromatic rings. The molecule has 2 atom stereocenters. The molecule has 1 aliphatic heterocycles. The van der Waals surface area contributed by atoms with E-state index in [-0.39, 0.29) is 35.5 Å². The largest absolute Gasteiger partial charge is 0.506 e. The second-order valence-corrected chi connectivity index (χ2v) is 19.5. The molecule has 8 aromatic carbocycles. The van der Waals surface area contributed by atoms with Gasteiger partial charge in [0.25, 0.3) is 0 Å². The van der Waals surface area contributed by atoms with E-state index in [1.165, 1.54) is 0 Å². The van der Waals surface area contributed by atoms with Crippen molar-refractivity contribution in [1.29, 1.82) is 0 Å². The minimum absolute atomic E-state index is 0.0872. The molecule has 0 saturated carbocycles. The molecule has 4 aliphatic rings. The number of hydrogen-bond donors (Lipinski definition) is 6. The third kappa shape index (κ3) is 7.28. The maximum absolute atomic E-state index is 14.9. The first kappa shape index (κ1) is 45.3. The Labute approximate surface area is 420 Å². The first-order chi connectivity index (χ1) is 35.4. The fraction of sp³-hybridized carbons (Fsp3) is 0.177. The van der Waals surface area contributed by atoms with Gasteiger partial charge < -0.3 is 40.7 Å². The number of Topliss-reactive ketones (excluding diaryl/α,β-unsaturated/α-hetero) is 1. The Morgan fingerprint density at radius 2 is 1.16 bits per heavy atom. The van der Waals surface area contributed by atoms with Gasteiger partial charge in [-0.3, -0.25) is 14.4 Å². The lowest BCUT2D eigenvalue weighted by Gasteiger charge is -2.41. The smallest absolute Gasteiger partial charge is 0.303 e. The van der Waals surface area contributed by atoms with Crippen LogP contribution in [-0.2, 0) is 25.6 Å². The fourth-order valence-electron chi connectivity index (χ4n) is 11.7. The van der Waals surface area contributed by atoms with E-state index in [4.69, 9.17) is 19.7 Å². The van der Waals surface area contributed by atoms with Crippen LogP contribution in [0.1, 0.15) is 73.3 Å². The molecule has 1 spiro atoms. The first-order valence-corrected chi connectivity index (χ1v) is 24.8. The number of carbonyl (C=O) groups excluding carboxylic acids is 1. The number of aliphatic carboxylic acids is 2. The van der Waals surface area contributed by atoms with Crippen LogP contribution in [0.2, 0.25) is 0 Å². The van der Waals surface area contributed by atoms with Crippen LogP contribution in [0.3, 0.4) is 0 Å². The lowest BCUT2D eigenvalue weighted by Crippen LogP contribution is -2.45. The van der Waals surface area contributed by atoms with Crippen molar-refractivity contribution in [3.63, 3.8) is 0 Å². The molecule has 73 heavy (non-hydrogen) atoms. The fourth-order valence-corrected chi connectivity index (χ4v) is 11.7. The summed E-state index contributed by atoms with van der Waals surface area (Å²) in [6.45, 7) is 7.54. The van der Waals surface area contributed by atoms with E-state index < -0.39 is 23.1 Å². The van der Waals surface area contributed by atoms with Crippen LogP contribution in [0.5, 0.6) is 11.5 Å². The normalized spacial score (nSPS) is 18.3. The van der Waals surface area contributed by atoms with E-state index in [1.54, 1.807) is 0 Å². The van der Waals surface area contributed by atoms with Crippen LogP contribution >= 0.6 is 0 Å². The predicted octanol–water partition coefficient (Wildman–Crippen LogP) is 11.4. The Morgan fingerprint density at radius 1 is 0.589 bits per heavy atom. The van der Waals surface area contributed by atoms with Crippen LogP contribution in [0, 0.1) is 0 Å². The molecule has 0 saturated heterocycles. The van der Waals surface area contributed by atoms with Crippen LogP contribution in [0.4, 0.5) is 17.1 Å². The van der Waals surface area contributed by atoms with Gasteiger partial charge in [0.15, 0.2) is 5.66 Å². The van der Waals surface area contributed by atoms with Gasteiger partial charge in [-0.05, 0) is 124 Å². The van der Waals surface area contributed by atoms with Crippen molar-refractivity contribution >= 4 is 74.1 Å². The number of fused-ring (bicyclic) bond motifs is 9. The average molecular weight is 966 g/mol. The van der Waals surface area contributed by atoms with Crippen molar-refractivity contribution in [2.75, 3.05) is 29.2 Å². The summed E-state index contributed by atoms with van der Waals surface area (Å²) in [6.07, 6.45) is 2.47. The molecule has 2 unspecified atom stereocenters. The molecule has 0 radical (unpaired) electrons. The summed E-state index contributed by atoms with van der Waals surface area (Å²) in [6, 6.07) is 48.5. The van der Waals surface area contributed by atoms with Gasteiger partial charge in [0.1, 0.15) is 17.3 Å². The Kier molecular flexibility index (Phi) is 10.9. The highest BCUT2D eigenvalue weighted by molar-refractivity contribution is 6.52. The van der Waals surface area contributed by atoms with Crippen LogP contribution in [0.15, 0.2) is 151 Å². The summed E-state index contributed by atoms with van der Waals surface area (Å²) >= 11 is 0. The number of nitrogens with one attached hydrogen (secondary N) is 3. The molecule has 3 aliphatic carbocycles. The number of aliphatic hydroxyl groups is 1. The highest BCUT2D eigenvalue weighted by Gasteiger charge is 2.48. The number of unbranched alkanes of at least 4 members (excludes halogenated alkanes) is 2. The zero-order valence-corrected chi connectivity index (χ0v) is 40.1. The number of hydrogen-bond acceptors (Lipinski definition) is 9. The first-order valence-electron chi connectivity index (χ1n) is 24.8. The third-order valence-electron chi connectivity index (χ3n) is 15.1. The Bertz CT molecular complexity index is 3840. The van der Waals surface area contributed by atoms with Gasteiger partial charge in [0.2, 0.25) is 5.78 Å². The van der Waals surface area contributed by atoms with E-state index in [2.05, 4.69) is 71.9 Å². The molecule has 0 bridgehead atoms. The quantitative estimate of drug-likeness (QED) is 0.0541. The van der Waals surface area contributed by atoms with E-state index >= 15 is 0 Å². The number of aliphatic hydroxyl groups excluding tert-OH is 1. The number of ether oxygens (including phenoxy) is 2. The molecule has 0 amide bonds. The Morgan fingerprint density at radius 3 is 1.85 bits per heavy atom. The molecular formula is C62H51N3O8. The maximum Gasteiger partial charge on any atom is 0.303 e. The van der Waals surface area contributed by atoms with E-state index in [9.17, 15) is 19.5 Å². The standard InChI is InChI=1S/C62H51N3O8/c1-35-40(27-23-36-13-11-19-50(54(35)36)63-61(2)46-17-5-3-15-41(46)43-29-25-38(33-48(43)61)72-31-9-7-21-52(66)67)56-59(70)57(60(56)71)45-28-24-37-14-12-20-51-55(37)58(45)65-62(64-51)47-18-6-4-16-42(47)44-30-26-39(34-49(44)62)73-32-10-8-22-53(68)69/h3-6,11-20,23-30,33-34,63-65,70H,1,7-10,21-22,31-32H2,2H3,(H,66,67)(H,68,69)/b56-40-. The van der Waals surface area contributed by atoms with Crippen LogP contribution in [-0.4, -0.2) is 46.3 Å². The number of carboxylic acids is 2. The topological polar surface area (TPSA) is 166 Å². The molecule has 1 heterocycles. The van der Waals surface area contributed by atoms with Crippen molar-refractivity contribution in [3.8, 4) is 33.8 Å². The molecule has 0 aromatic heterocycles. The zero-order valence-electron chi connectivity index (χ0n) is 40.1. The highest BCUT2D eigenvalue weighted by atomic mass is 16.5. The van der Waals surface area contributed by atoms with Crippen molar-refractivity contribution in [2.24, 2.45) is 0 Å². The predicted molar refractivity (Wildman–Crippen MR) is 286 cm³/mol. The van der Waals surface area contributed by atoms with Crippen molar-refractivity contribution < 1.29 is 39.2 Å². The Balaban J connectivity index is 0.928. The summed E-state index contributed by atoms with van der Waals surface area (Å²) in [5.74, 6) is -0.683. The maximum atomic E-state index is 14.9. The van der Waals surface area contributed by atoms with Crippen LogP contribution in [0.25, 0.3) is 61.5 Å². The number of anilines is 3. The van der Waals surface area contributed by atoms with Gasteiger partial charge in [-0.25, -0.2) is 0 Å².